The molecule has 1 aromatic heterocycles. The number of nitrogens with one attached hydrogen (secondary N) is 1. The number of rotatable bonds is 4. The number of aromatic nitrogens is 2. The Kier molecular flexibility index (Phi) is 5.49. The summed E-state index contributed by atoms with van der Waals surface area (Å²) in [7, 11) is 0. The smallest absolute Gasteiger partial charge is 0.271 e. The molecule has 1 aliphatic rings. The van der Waals surface area contributed by atoms with Crippen LogP contribution in [0.15, 0.2) is 59.4 Å². The van der Waals surface area contributed by atoms with Crippen molar-refractivity contribution in [2.24, 2.45) is 0 Å². The standard InChI is InChI=1S/C23H22ClN3O2/c1-15(22(28)25-18-13-11-17(24)12-14-18)27-23(29)20-10-6-5-9-19(20)21(26-27)16-7-3-2-4-8-16/h2-4,7-8,11-15H,5-6,9-10H2,1H3,(H,25,28)/t15-/m0/s1. The molecule has 5 nitrogen and oxygen atoms in total. The van der Waals surface area contributed by atoms with Gasteiger partial charge in [0.25, 0.3) is 5.56 Å². The largest absolute Gasteiger partial charge is 0.324 e. The highest BCUT2D eigenvalue weighted by Gasteiger charge is 2.25. The van der Waals surface area contributed by atoms with Crippen LogP contribution in [0.3, 0.4) is 0 Å². The molecule has 0 bridgehead atoms. The van der Waals surface area contributed by atoms with E-state index in [1.165, 1.54) is 4.68 Å². The minimum Gasteiger partial charge on any atom is -0.324 e. The van der Waals surface area contributed by atoms with Crippen molar-refractivity contribution in [3.8, 4) is 11.3 Å². The van der Waals surface area contributed by atoms with Crippen LogP contribution in [0, 0.1) is 0 Å². The Morgan fingerprint density at radius 3 is 2.38 bits per heavy atom. The van der Waals surface area contributed by atoms with Gasteiger partial charge in [-0.1, -0.05) is 41.9 Å². The molecule has 0 radical (unpaired) electrons. The minimum atomic E-state index is -0.743. The van der Waals surface area contributed by atoms with Gasteiger partial charge in [0.2, 0.25) is 5.91 Å². The Labute approximate surface area is 174 Å². The van der Waals surface area contributed by atoms with Crippen molar-refractivity contribution in [1.29, 1.82) is 0 Å². The van der Waals surface area contributed by atoms with Gasteiger partial charge in [-0.25, -0.2) is 4.68 Å². The third-order valence-corrected chi connectivity index (χ3v) is 5.58. The van der Waals surface area contributed by atoms with Gasteiger partial charge in [0.05, 0.1) is 5.69 Å². The summed E-state index contributed by atoms with van der Waals surface area (Å²) < 4.78 is 1.33. The van der Waals surface area contributed by atoms with E-state index in [9.17, 15) is 9.59 Å². The van der Waals surface area contributed by atoms with Gasteiger partial charge in [-0.05, 0) is 62.4 Å². The topological polar surface area (TPSA) is 64.0 Å². The number of hydrogen-bond donors (Lipinski definition) is 1. The van der Waals surface area contributed by atoms with Gasteiger partial charge in [-0.2, -0.15) is 5.10 Å². The number of benzene rings is 2. The summed E-state index contributed by atoms with van der Waals surface area (Å²) in [6.07, 6.45) is 3.59. The van der Waals surface area contributed by atoms with E-state index < -0.39 is 6.04 Å². The van der Waals surface area contributed by atoms with Crippen molar-refractivity contribution in [1.82, 2.24) is 9.78 Å². The summed E-state index contributed by atoms with van der Waals surface area (Å²) in [5, 5.41) is 8.09. The SMILES string of the molecule is C[C@@H](C(=O)Nc1ccc(Cl)cc1)n1nc(-c2ccccc2)c2c(c1=O)CCCC2. The number of carbonyl (C=O) groups excluding carboxylic acids is 1. The van der Waals surface area contributed by atoms with E-state index in [0.717, 1.165) is 48.1 Å². The van der Waals surface area contributed by atoms with Crippen molar-refractivity contribution in [2.45, 2.75) is 38.6 Å². The van der Waals surface area contributed by atoms with E-state index in [4.69, 9.17) is 11.6 Å². The summed E-state index contributed by atoms with van der Waals surface area (Å²) >= 11 is 5.90. The van der Waals surface area contributed by atoms with Crippen LogP contribution < -0.4 is 10.9 Å². The van der Waals surface area contributed by atoms with Crippen LogP contribution in [0.25, 0.3) is 11.3 Å². The summed E-state index contributed by atoms with van der Waals surface area (Å²) in [4.78, 5) is 26.0. The number of amides is 1. The van der Waals surface area contributed by atoms with Gasteiger partial charge < -0.3 is 5.32 Å². The second kappa shape index (κ2) is 8.21. The molecule has 0 spiro atoms. The molecule has 1 heterocycles. The molecule has 4 rings (SSSR count). The predicted molar refractivity (Wildman–Crippen MR) is 115 cm³/mol. The van der Waals surface area contributed by atoms with Crippen LogP contribution in [-0.4, -0.2) is 15.7 Å². The molecule has 0 unspecified atom stereocenters. The lowest BCUT2D eigenvalue weighted by Crippen LogP contribution is -2.37. The zero-order chi connectivity index (χ0) is 20.4. The first-order valence-electron chi connectivity index (χ1n) is 9.81. The van der Waals surface area contributed by atoms with Gasteiger partial charge in [0, 0.05) is 21.8 Å². The first-order chi connectivity index (χ1) is 14.0. The second-order valence-corrected chi connectivity index (χ2v) is 7.74. The van der Waals surface area contributed by atoms with Crippen LogP contribution in [0.4, 0.5) is 5.69 Å². The van der Waals surface area contributed by atoms with Gasteiger partial charge in [-0.15, -0.1) is 0 Å². The molecule has 6 heteroatoms. The Morgan fingerprint density at radius 1 is 1.03 bits per heavy atom. The quantitative estimate of drug-likeness (QED) is 0.685. The lowest BCUT2D eigenvalue weighted by Gasteiger charge is -2.22. The van der Waals surface area contributed by atoms with Crippen LogP contribution in [0.2, 0.25) is 5.02 Å². The Bertz CT molecular complexity index is 1090. The van der Waals surface area contributed by atoms with Crippen LogP contribution >= 0.6 is 11.6 Å². The van der Waals surface area contributed by atoms with E-state index in [2.05, 4.69) is 10.4 Å². The highest BCUT2D eigenvalue weighted by Crippen LogP contribution is 2.28. The van der Waals surface area contributed by atoms with E-state index in [0.29, 0.717) is 10.7 Å². The second-order valence-electron chi connectivity index (χ2n) is 7.30. The van der Waals surface area contributed by atoms with Gasteiger partial charge in [0.15, 0.2) is 0 Å². The van der Waals surface area contributed by atoms with Gasteiger partial charge in [0.1, 0.15) is 6.04 Å². The fourth-order valence-electron chi connectivity index (χ4n) is 3.74. The Hall–Kier alpha value is -2.92. The molecule has 0 fully saturated rings. The van der Waals surface area contributed by atoms with Crippen molar-refractivity contribution in [3.63, 3.8) is 0 Å². The molecule has 1 amide bonds. The summed E-state index contributed by atoms with van der Waals surface area (Å²) in [5.74, 6) is -0.295. The zero-order valence-corrected chi connectivity index (χ0v) is 16.9. The normalized spacial score (nSPS) is 14.1. The maximum absolute atomic E-state index is 13.1. The maximum Gasteiger partial charge on any atom is 0.271 e. The molecule has 1 atom stereocenters. The molecule has 2 aromatic carbocycles. The number of halogens is 1. The van der Waals surface area contributed by atoms with E-state index >= 15 is 0 Å². The molecule has 1 N–H and O–H groups in total. The van der Waals surface area contributed by atoms with Crippen molar-refractivity contribution >= 4 is 23.2 Å². The average molecular weight is 408 g/mol. The number of carbonyl (C=O) groups is 1. The Morgan fingerprint density at radius 2 is 1.69 bits per heavy atom. The maximum atomic E-state index is 13.1. The van der Waals surface area contributed by atoms with Crippen LogP contribution in [-0.2, 0) is 17.6 Å². The van der Waals surface area contributed by atoms with Crippen LogP contribution in [0.5, 0.6) is 0 Å². The van der Waals surface area contributed by atoms with Gasteiger partial charge >= 0.3 is 0 Å². The summed E-state index contributed by atoms with van der Waals surface area (Å²) in [6, 6.07) is 16.0. The van der Waals surface area contributed by atoms with E-state index in [-0.39, 0.29) is 11.5 Å². The fraction of sp³-hybridized carbons (Fsp3) is 0.261. The molecule has 29 heavy (non-hydrogen) atoms. The monoisotopic (exact) mass is 407 g/mol. The lowest BCUT2D eigenvalue weighted by molar-refractivity contribution is -0.119. The van der Waals surface area contributed by atoms with Crippen molar-refractivity contribution in [3.05, 3.63) is 81.1 Å². The third-order valence-electron chi connectivity index (χ3n) is 5.33. The number of nitrogens with zero attached hydrogens (tertiary/aromatic N) is 2. The molecule has 3 aromatic rings. The van der Waals surface area contributed by atoms with Crippen molar-refractivity contribution in [2.75, 3.05) is 5.32 Å². The molecule has 0 saturated carbocycles. The zero-order valence-electron chi connectivity index (χ0n) is 16.2. The molecule has 1 aliphatic carbocycles. The fourth-order valence-corrected chi connectivity index (χ4v) is 3.86. The summed E-state index contributed by atoms with van der Waals surface area (Å²) in [5.41, 5.74) is 4.03. The highest BCUT2D eigenvalue weighted by atomic mass is 35.5. The van der Waals surface area contributed by atoms with Crippen LogP contribution in [0.1, 0.15) is 36.9 Å². The number of fused-ring (bicyclic) bond motifs is 1. The minimum absolute atomic E-state index is 0.168. The van der Waals surface area contributed by atoms with E-state index in [1.54, 1.807) is 31.2 Å². The molecule has 148 valence electrons. The number of anilines is 1. The third kappa shape index (κ3) is 3.96. The molecular weight excluding hydrogens is 386 g/mol. The highest BCUT2D eigenvalue weighted by molar-refractivity contribution is 6.30. The van der Waals surface area contributed by atoms with E-state index in [1.807, 2.05) is 30.3 Å². The Balaban J connectivity index is 1.73. The molecular formula is C23H22ClN3O2. The van der Waals surface area contributed by atoms with Crippen molar-refractivity contribution < 1.29 is 4.79 Å². The molecule has 0 aliphatic heterocycles. The number of hydrogen-bond acceptors (Lipinski definition) is 3. The predicted octanol–water partition coefficient (Wildman–Crippen LogP) is 4.64. The van der Waals surface area contributed by atoms with Gasteiger partial charge in [-0.3, -0.25) is 9.59 Å². The summed E-state index contributed by atoms with van der Waals surface area (Å²) in [6.45, 7) is 1.70. The average Bonchev–Trinajstić information content (AvgIpc) is 2.76. The first-order valence-corrected chi connectivity index (χ1v) is 10.2. The first kappa shape index (κ1) is 19.4. The lowest BCUT2D eigenvalue weighted by atomic mass is 9.89. The molecule has 0 saturated heterocycles.